The number of hydrogen-bond acceptors (Lipinski definition) is 4. The van der Waals surface area contributed by atoms with Gasteiger partial charge in [-0.1, -0.05) is 25.0 Å². The van der Waals surface area contributed by atoms with Crippen molar-refractivity contribution in [2.45, 2.75) is 37.5 Å². The Hall–Kier alpha value is -1.42. The highest BCUT2D eigenvalue weighted by Gasteiger charge is 2.27. The van der Waals surface area contributed by atoms with Crippen LogP contribution in [-0.2, 0) is 15.8 Å². The Labute approximate surface area is 126 Å². The van der Waals surface area contributed by atoms with Gasteiger partial charge in [0.15, 0.2) is 0 Å². The molecular weight excluding hydrogens is 286 g/mol. The summed E-state index contributed by atoms with van der Waals surface area (Å²) in [5, 5.41) is 8.86. The van der Waals surface area contributed by atoms with Crippen molar-refractivity contribution in [2.24, 2.45) is 11.7 Å². The van der Waals surface area contributed by atoms with E-state index in [-0.39, 0.29) is 11.8 Å². The van der Waals surface area contributed by atoms with Gasteiger partial charge in [0, 0.05) is 12.6 Å². The fourth-order valence-electron chi connectivity index (χ4n) is 2.92. The van der Waals surface area contributed by atoms with Crippen LogP contribution in [-0.4, -0.2) is 21.0 Å². The Bertz CT molecular complexity index is 616. The molecule has 0 heterocycles. The lowest BCUT2D eigenvalue weighted by Crippen LogP contribution is -2.44. The van der Waals surface area contributed by atoms with Crippen LogP contribution in [0.15, 0.2) is 24.3 Å². The first-order valence-electron chi connectivity index (χ1n) is 7.23. The van der Waals surface area contributed by atoms with E-state index in [1.54, 1.807) is 24.3 Å². The topological polar surface area (TPSA) is 96.0 Å². The molecule has 1 fully saturated rings. The maximum Gasteiger partial charge on any atom is 0.216 e. The molecule has 2 rings (SSSR count). The maximum absolute atomic E-state index is 12.3. The quantitative estimate of drug-likeness (QED) is 0.832. The molecule has 0 saturated heterocycles. The van der Waals surface area contributed by atoms with E-state index in [9.17, 15) is 8.42 Å². The zero-order valence-corrected chi connectivity index (χ0v) is 12.8. The van der Waals surface area contributed by atoms with Gasteiger partial charge in [0.1, 0.15) is 0 Å². The van der Waals surface area contributed by atoms with Crippen molar-refractivity contribution in [3.8, 4) is 6.07 Å². The summed E-state index contributed by atoms with van der Waals surface area (Å²) in [6.07, 6.45) is 4.36. The number of rotatable bonds is 6. The van der Waals surface area contributed by atoms with Gasteiger partial charge in [-0.25, -0.2) is 13.1 Å². The zero-order valence-electron chi connectivity index (χ0n) is 12.0. The molecule has 0 spiro atoms. The van der Waals surface area contributed by atoms with Gasteiger partial charge in [-0.05, 0) is 36.5 Å². The Morgan fingerprint density at radius 2 is 2.10 bits per heavy atom. The van der Waals surface area contributed by atoms with Crippen LogP contribution in [0.4, 0.5) is 0 Å². The highest BCUT2D eigenvalue weighted by molar-refractivity contribution is 7.88. The molecule has 1 aliphatic carbocycles. The van der Waals surface area contributed by atoms with Crippen LogP contribution >= 0.6 is 0 Å². The molecule has 0 aromatic heterocycles. The van der Waals surface area contributed by atoms with Crippen molar-refractivity contribution in [3.63, 3.8) is 0 Å². The van der Waals surface area contributed by atoms with Gasteiger partial charge in [-0.3, -0.25) is 0 Å². The second-order valence-electron chi connectivity index (χ2n) is 5.58. The molecule has 1 unspecified atom stereocenters. The number of hydrogen-bond donors (Lipinski definition) is 2. The Balaban J connectivity index is 2.05. The maximum atomic E-state index is 12.3. The van der Waals surface area contributed by atoms with Gasteiger partial charge in [0.25, 0.3) is 0 Å². The predicted octanol–water partition coefficient (Wildman–Crippen LogP) is 1.50. The summed E-state index contributed by atoms with van der Waals surface area (Å²) < 4.78 is 27.3. The normalized spacial score (nSPS) is 17.5. The Morgan fingerprint density at radius 1 is 1.38 bits per heavy atom. The summed E-state index contributed by atoms with van der Waals surface area (Å²) in [7, 11) is -3.45. The minimum atomic E-state index is -3.45. The van der Waals surface area contributed by atoms with Crippen LogP contribution in [0.3, 0.4) is 0 Å². The van der Waals surface area contributed by atoms with Crippen molar-refractivity contribution in [1.29, 1.82) is 5.26 Å². The molecule has 3 N–H and O–H groups in total. The third kappa shape index (κ3) is 4.53. The first-order valence-corrected chi connectivity index (χ1v) is 8.88. The van der Waals surface area contributed by atoms with Gasteiger partial charge >= 0.3 is 0 Å². The molecule has 114 valence electrons. The highest BCUT2D eigenvalue weighted by atomic mass is 32.2. The van der Waals surface area contributed by atoms with Crippen LogP contribution in [0, 0.1) is 17.2 Å². The lowest BCUT2D eigenvalue weighted by atomic mass is 9.99. The standard InChI is InChI=1S/C15H21N3O2S/c16-9-12-4-3-5-13(8-12)11-21(19,20)18-15(10-17)14-6-1-2-7-14/h3-5,8,14-15,18H,1-2,6-7,10-11,17H2. The summed E-state index contributed by atoms with van der Waals surface area (Å²) in [6.45, 7) is 0.322. The molecule has 1 aromatic carbocycles. The second-order valence-corrected chi connectivity index (χ2v) is 7.33. The van der Waals surface area contributed by atoms with Crippen molar-refractivity contribution in [3.05, 3.63) is 35.4 Å². The van der Waals surface area contributed by atoms with E-state index in [0.29, 0.717) is 23.6 Å². The minimum absolute atomic E-state index is 0.119. The van der Waals surface area contributed by atoms with Gasteiger partial charge in [0.05, 0.1) is 17.4 Å². The average molecular weight is 307 g/mol. The molecule has 6 heteroatoms. The van der Waals surface area contributed by atoms with Gasteiger partial charge < -0.3 is 5.73 Å². The molecule has 0 amide bonds. The molecule has 1 aliphatic rings. The number of nitrogens with two attached hydrogens (primary N) is 1. The van der Waals surface area contributed by atoms with Crippen molar-refractivity contribution in [2.75, 3.05) is 6.54 Å². The molecule has 5 nitrogen and oxygen atoms in total. The number of nitrogens with zero attached hydrogens (tertiary/aromatic N) is 1. The zero-order chi connectivity index (χ0) is 15.3. The molecule has 1 aromatic rings. The summed E-state index contributed by atoms with van der Waals surface area (Å²) >= 11 is 0. The predicted molar refractivity (Wildman–Crippen MR) is 81.7 cm³/mol. The van der Waals surface area contributed by atoms with Crippen molar-refractivity contribution in [1.82, 2.24) is 4.72 Å². The van der Waals surface area contributed by atoms with E-state index < -0.39 is 10.0 Å². The second kappa shape index (κ2) is 7.03. The molecule has 1 atom stereocenters. The van der Waals surface area contributed by atoms with Gasteiger partial charge in [-0.2, -0.15) is 5.26 Å². The number of nitriles is 1. The first-order chi connectivity index (χ1) is 10.0. The molecular formula is C15H21N3O2S. The minimum Gasteiger partial charge on any atom is -0.329 e. The van der Waals surface area contributed by atoms with Gasteiger partial charge in [-0.15, -0.1) is 0 Å². The van der Waals surface area contributed by atoms with Gasteiger partial charge in [0.2, 0.25) is 10.0 Å². The first kappa shape index (κ1) is 16.0. The van der Waals surface area contributed by atoms with Crippen LogP contribution in [0.2, 0.25) is 0 Å². The fourth-order valence-corrected chi connectivity index (χ4v) is 4.37. The molecule has 21 heavy (non-hydrogen) atoms. The highest BCUT2D eigenvalue weighted by Crippen LogP contribution is 2.27. The fraction of sp³-hybridized carbons (Fsp3) is 0.533. The van der Waals surface area contributed by atoms with E-state index in [4.69, 9.17) is 11.0 Å². The molecule has 0 aliphatic heterocycles. The van der Waals surface area contributed by atoms with E-state index >= 15 is 0 Å². The average Bonchev–Trinajstić information content (AvgIpc) is 2.98. The monoisotopic (exact) mass is 307 g/mol. The van der Waals surface area contributed by atoms with Crippen LogP contribution in [0.5, 0.6) is 0 Å². The number of benzene rings is 1. The lowest BCUT2D eigenvalue weighted by molar-refractivity contribution is 0.405. The van der Waals surface area contributed by atoms with Crippen LogP contribution in [0.25, 0.3) is 0 Å². The number of nitrogens with one attached hydrogen (secondary N) is 1. The summed E-state index contributed by atoms with van der Waals surface area (Å²) in [4.78, 5) is 0. The Kier molecular flexibility index (Phi) is 5.34. The molecule has 1 saturated carbocycles. The lowest BCUT2D eigenvalue weighted by Gasteiger charge is -2.23. The van der Waals surface area contributed by atoms with Crippen LogP contribution < -0.4 is 10.5 Å². The third-order valence-corrected chi connectivity index (χ3v) is 5.34. The van der Waals surface area contributed by atoms with Crippen molar-refractivity contribution < 1.29 is 8.42 Å². The Morgan fingerprint density at radius 3 is 2.71 bits per heavy atom. The summed E-state index contributed by atoms with van der Waals surface area (Å²) in [6, 6.07) is 8.50. The number of sulfonamides is 1. The molecule has 0 radical (unpaired) electrons. The smallest absolute Gasteiger partial charge is 0.216 e. The molecule has 0 bridgehead atoms. The third-order valence-electron chi connectivity index (χ3n) is 3.97. The largest absolute Gasteiger partial charge is 0.329 e. The van der Waals surface area contributed by atoms with E-state index in [1.807, 2.05) is 6.07 Å². The summed E-state index contributed by atoms with van der Waals surface area (Å²) in [5.74, 6) is 0.223. The van der Waals surface area contributed by atoms with Crippen molar-refractivity contribution >= 4 is 10.0 Å². The van der Waals surface area contributed by atoms with E-state index in [0.717, 1.165) is 25.7 Å². The SMILES string of the molecule is N#Cc1cccc(CS(=O)(=O)NC(CN)C2CCCC2)c1. The van der Waals surface area contributed by atoms with Crippen LogP contribution in [0.1, 0.15) is 36.8 Å². The van der Waals surface area contributed by atoms with E-state index in [1.165, 1.54) is 0 Å². The summed E-state index contributed by atoms with van der Waals surface area (Å²) in [5.41, 5.74) is 6.81. The van der Waals surface area contributed by atoms with E-state index in [2.05, 4.69) is 4.72 Å².